The van der Waals surface area contributed by atoms with Crippen LogP contribution in [0.1, 0.15) is 36.7 Å². The summed E-state index contributed by atoms with van der Waals surface area (Å²) >= 11 is 0. The van der Waals surface area contributed by atoms with E-state index < -0.39 is 13.2 Å². The fourth-order valence-corrected chi connectivity index (χ4v) is 2.87. The van der Waals surface area contributed by atoms with E-state index in [0.29, 0.717) is 31.6 Å². The largest absolute Gasteiger partial charge is 0.451 e. The molecule has 1 atom stereocenters. The summed E-state index contributed by atoms with van der Waals surface area (Å²) in [5.41, 5.74) is 6.97. The van der Waals surface area contributed by atoms with E-state index in [9.17, 15) is 4.79 Å². The number of nitrogens with two attached hydrogens (primary N) is 1. The molecule has 14 heteroatoms. The Kier molecular flexibility index (Phi) is 9.53. The minimum absolute atomic E-state index is 0. The van der Waals surface area contributed by atoms with Crippen molar-refractivity contribution in [3.05, 3.63) is 48.4 Å². The molecule has 0 bridgehead atoms. The predicted molar refractivity (Wildman–Crippen MR) is 114 cm³/mol. The fraction of sp³-hybridized carbons (Fsp3) is 0.412. The minimum atomic E-state index is -1.31. The van der Waals surface area contributed by atoms with Crippen molar-refractivity contribution < 1.29 is 14.8 Å². The SMILES string of the molecule is Cl.NC(CCCCB(O)O)c1nnnn1CC(=O)NCc1ccc(-n2ccnc2)nc1. The van der Waals surface area contributed by atoms with Crippen LogP contribution in [0.2, 0.25) is 6.32 Å². The molecule has 0 aliphatic carbocycles. The maximum absolute atomic E-state index is 12.3. The molecule has 3 aromatic heterocycles. The molecule has 0 fully saturated rings. The Morgan fingerprint density at radius 1 is 1.29 bits per heavy atom. The third-order valence-corrected chi connectivity index (χ3v) is 4.48. The van der Waals surface area contributed by atoms with E-state index in [0.717, 1.165) is 11.4 Å². The Morgan fingerprint density at radius 3 is 2.81 bits per heavy atom. The second-order valence-corrected chi connectivity index (χ2v) is 6.84. The highest BCUT2D eigenvalue weighted by Gasteiger charge is 2.17. The van der Waals surface area contributed by atoms with Crippen LogP contribution in [-0.4, -0.2) is 57.8 Å². The van der Waals surface area contributed by atoms with Crippen LogP contribution < -0.4 is 11.1 Å². The first kappa shape index (κ1) is 24.4. The van der Waals surface area contributed by atoms with Crippen LogP contribution >= 0.6 is 12.4 Å². The molecule has 0 saturated heterocycles. The number of rotatable bonds is 11. The number of hydrogen-bond donors (Lipinski definition) is 4. The Labute approximate surface area is 185 Å². The molecule has 0 aliphatic heterocycles. The molecule has 166 valence electrons. The number of hydrogen-bond acceptors (Lipinski definition) is 9. The topological polar surface area (TPSA) is 170 Å². The smallest absolute Gasteiger partial charge is 0.427 e. The zero-order valence-corrected chi connectivity index (χ0v) is 17.6. The minimum Gasteiger partial charge on any atom is -0.427 e. The van der Waals surface area contributed by atoms with E-state index in [1.54, 1.807) is 29.5 Å². The van der Waals surface area contributed by atoms with Gasteiger partial charge in [0.15, 0.2) is 5.82 Å². The number of carbonyl (C=O) groups excluding carboxylic acids is 1. The van der Waals surface area contributed by atoms with E-state index >= 15 is 0 Å². The molecule has 0 saturated carbocycles. The van der Waals surface area contributed by atoms with Gasteiger partial charge in [0.1, 0.15) is 18.7 Å². The van der Waals surface area contributed by atoms with Crippen LogP contribution in [0.3, 0.4) is 0 Å². The lowest BCUT2D eigenvalue weighted by Crippen LogP contribution is -2.29. The average molecular weight is 450 g/mol. The molecule has 0 radical (unpaired) electrons. The van der Waals surface area contributed by atoms with Gasteiger partial charge in [0.05, 0.1) is 6.04 Å². The van der Waals surface area contributed by atoms with Crippen molar-refractivity contribution in [2.75, 3.05) is 0 Å². The lowest BCUT2D eigenvalue weighted by Gasteiger charge is -2.12. The fourth-order valence-electron chi connectivity index (χ4n) is 2.87. The Balaban J connectivity index is 0.00000341. The molecular weight excluding hydrogens is 425 g/mol. The summed E-state index contributed by atoms with van der Waals surface area (Å²) in [6.45, 7) is 0.273. The van der Waals surface area contributed by atoms with Crippen LogP contribution in [0.4, 0.5) is 0 Å². The van der Waals surface area contributed by atoms with Crippen molar-refractivity contribution in [3.8, 4) is 5.82 Å². The number of tetrazole rings is 1. The summed E-state index contributed by atoms with van der Waals surface area (Å²) in [6, 6.07) is 3.28. The molecule has 3 heterocycles. The Hall–Kier alpha value is -2.87. The summed E-state index contributed by atoms with van der Waals surface area (Å²) in [7, 11) is -1.31. The number of pyridine rings is 1. The van der Waals surface area contributed by atoms with Crippen molar-refractivity contribution >= 4 is 25.4 Å². The van der Waals surface area contributed by atoms with Crippen molar-refractivity contribution in [2.45, 2.75) is 44.7 Å². The van der Waals surface area contributed by atoms with Gasteiger partial charge in [-0.3, -0.25) is 9.36 Å². The summed E-state index contributed by atoms with van der Waals surface area (Å²) in [6.07, 6.45) is 9.01. The molecule has 3 aromatic rings. The predicted octanol–water partition coefficient (Wildman–Crippen LogP) is -0.365. The molecule has 0 aliphatic rings. The molecule has 1 unspecified atom stereocenters. The Morgan fingerprint density at radius 2 is 2.13 bits per heavy atom. The zero-order valence-electron chi connectivity index (χ0n) is 16.8. The van der Waals surface area contributed by atoms with E-state index in [-0.39, 0.29) is 31.2 Å². The van der Waals surface area contributed by atoms with E-state index in [2.05, 4.69) is 30.8 Å². The first-order chi connectivity index (χ1) is 14.5. The molecule has 31 heavy (non-hydrogen) atoms. The van der Waals surface area contributed by atoms with E-state index in [1.807, 2.05) is 12.1 Å². The summed E-state index contributed by atoms with van der Waals surface area (Å²) in [5, 5.41) is 31.9. The summed E-state index contributed by atoms with van der Waals surface area (Å²) < 4.78 is 3.16. The number of carbonyl (C=O) groups is 1. The van der Waals surface area contributed by atoms with Crippen LogP contribution in [0, 0.1) is 0 Å². The van der Waals surface area contributed by atoms with Crippen molar-refractivity contribution in [2.24, 2.45) is 5.73 Å². The van der Waals surface area contributed by atoms with Crippen molar-refractivity contribution in [3.63, 3.8) is 0 Å². The molecule has 0 spiro atoms. The van der Waals surface area contributed by atoms with Crippen LogP contribution in [0.25, 0.3) is 5.82 Å². The van der Waals surface area contributed by atoms with Gasteiger partial charge in [-0.05, 0) is 34.8 Å². The number of nitrogens with one attached hydrogen (secondary N) is 1. The molecular formula is C17H25BClN9O3. The number of aromatic nitrogens is 7. The normalized spacial score (nSPS) is 11.6. The Bertz CT molecular complexity index is 921. The quantitative estimate of drug-likeness (QED) is 0.225. The van der Waals surface area contributed by atoms with Crippen LogP contribution in [0.15, 0.2) is 37.1 Å². The molecule has 12 nitrogen and oxygen atoms in total. The molecule has 5 N–H and O–H groups in total. The monoisotopic (exact) mass is 449 g/mol. The van der Waals surface area contributed by atoms with Gasteiger partial charge in [-0.15, -0.1) is 17.5 Å². The maximum atomic E-state index is 12.3. The zero-order chi connectivity index (χ0) is 21.3. The third kappa shape index (κ3) is 7.40. The number of imidazole rings is 1. The number of unbranched alkanes of at least 4 members (excludes halogenated alkanes) is 1. The van der Waals surface area contributed by atoms with Crippen LogP contribution in [-0.2, 0) is 17.9 Å². The van der Waals surface area contributed by atoms with Crippen molar-refractivity contribution in [1.29, 1.82) is 0 Å². The van der Waals surface area contributed by atoms with Gasteiger partial charge in [-0.25, -0.2) is 14.6 Å². The van der Waals surface area contributed by atoms with Gasteiger partial charge in [0, 0.05) is 25.1 Å². The van der Waals surface area contributed by atoms with Gasteiger partial charge in [-0.2, -0.15) is 0 Å². The van der Waals surface area contributed by atoms with E-state index in [4.69, 9.17) is 15.8 Å². The highest BCUT2D eigenvalue weighted by atomic mass is 35.5. The second-order valence-electron chi connectivity index (χ2n) is 6.84. The van der Waals surface area contributed by atoms with Gasteiger partial charge in [0.25, 0.3) is 0 Å². The number of halogens is 1. The maximum Gasteiger partial charge on any atom is 0.451 e. The van der Waals surface area contributed by atoms with E-state index in [1.165, 1.54) is 4.68 Å². The summed E-state index contributed by atoms with van der Waals surface area (Å²) in [4.78, 5) is 20.6. The highest BCUT2D eigenvalue weighted by Crippen LogP contribution is 2.15. The van der Waals surface area contributed by atoms with Crippen LogP contribution in [0.5, 0.6) is 0 Å². The molecule has 0 aromatic carbocycles. The second kappa shape index (κ2) is 12.1. The van der Waals surface area contributed by atoms with Gasteiger partial charge < -0.3 is 21.1 Å². The first-order valence-corrected chi connectivity index (χ1v) is 9.60. The van der Waals surface area contributed by atoms with Gasteiger partial charge in [-0.1, -0.05) is 18.9 Å². The number of nitrogens with zero attached hydrogens (tertiary/aromatic N) is 7. The third-order valence-electron chi connectivity index (χ3n) is 4.48. The lowest BCUT2D eigenvalue weighted by molar-refractivity contribution is -0.122. The van der Waals surface area contributed by atoms with Crippen molar-refractivity contribution in [1.82, 2.24) is 40.1 Å². The van der Waals surface area contributed by atoms with Gasteiger partial charge in [0.2, 0.25) is 5.91 Å². The average Bonchev–Trinajstić information content (AvgIpc) is 3.42. The molecule has 1 amide bonds. The lowest BCUT2D eigenvalue weighted by atomic mass is 9.83. The highest BCUT2D eigenvalue weighted by molar-refractivity contribution is 6.40. The molecule has 3 rings (SSSR count). The van der Waals surface area contributed by atoms with Gasteiger partial charge >= 0.3 is 7.12 Å². The summed E-state index contributed by atoms with van der Waals surface area (Å²) in [5.74, 6) is 0.905. The first-order valence-electron chi connectivity index (χ1n) is 9.60. The number of amides is 1. The standard InChI is InChI=1S/C17H24BN9O3.ClH/c19-14(3-1-2-6-18(29)30)17-23-24-25-27(17)11-16(28)22-10-13-4-5-15(21-9-13)26-8-7-20-12-26;/h4-5,7-9,12,14,29-30H,1-3,6,10-11,19H2,(H,22,28);1H.